The van der Waals surface area contributed by atoms with Gasteiger partial charge in [-0.3, -0.25) is 4.79 Å². The third-order valence-corrected chi connectivity index (χ3v) is 3.91. The van der Waals surface area contributed by atoms with E-state index >= 15 is 0 Å². The van der Waals surface area contributed by atoms with E-state index < -0.39 is 0 Å². The van der Waals surface area contributed by atoms with Crippen molar-refractivity contribution in [3.63, 3.8) is 0 Å². The minimum atomic E-state index is 0.552. The van der Waals surface area contributed by atoms with E-state index in [0.717, 1.165) is 22.8 Å². The second-order valence-corrected chi connectivity index (χ2v) is 4.95. The molecule has 1 heterocycles. The molecule has 0 aliphatic heterocycles. The molecule has 0 unspecified atom stereocenters. The van der Waals surface area contributed by atoms with E-state index in [1.54, 1.807) is 0 Å². The highest BCUT2D eigenvalue weighted by molar-refractivity contribution is 5.99. The van der Waals surface area contributed by atoms with Crippen molar-refractivity contribution in [2.24, 2.45) is 0 Å². The smallest absolute Gasteiger partial charge is 0.152 e. The van der Waals surface area contributed by atoms with Crippen LogP contribution in [0.15, 0.2) is 24.3 Å². The first-order chi connectivity index (χ1) is 8.40. The lowest BCUT2D eigenvalue weighted by Gasteiger charge is -2.21. The Labute approximate surface area is 101 Å². The van der Waals surface area contributed by atoms with Gasteiger partial charge in [0.1, 0.15) is 0 Å². The molecular formula is C15H17NO. The number of rotatable bonds is 2. The summed E-state index contributed by atoms with van der Waals surface area (Å²) >= 11 is 0. The van der Waals surface area contributed by atoms with Crippen LogP contribution >= 0.6 is 0 Å². The molecule has 2 heteroatoms. The zero-order valence-corrected chi connectivity index (χ0v) is 9.91. The summed E-state index contributed by atoms with van der Waals surface area (Å²) in [7, 11) is 0. The average Bonchev–Trinajstić information content (AvgIpc) is 2.78. The molecule has 1 aliphatic rings. The van der Waals surface area contributed by atoms with E-state index in [0.29, 0.717) is 5.92 Å². The average molecular weight is 227 g/mol. The molecule has 1 aliphatic carbocycles. The molecule has 88 valence electrons. The van der Waals surface area contributed by atoms with Gasteiger partial charge < -0.3 is 4.98 Å². The van der Waals surface area contributed by atoms with Gasteiger partial charge in [0.2, 0.25) is 0 Å². The fourth-order valence-electron chi connectivity index (χ4n) is 3.02. The highest BCUT2D eigenvalue weighted by atomic mass is 16.1. The lowest BCUT2D eigenvalue weighted by atomic mass is 9.85. The van der Waals surface area contributed by atoms with Crippen molar-refractivity contribution >= 4 is 17.2 Å². The number of benzene rings is 1. The largest absolute Gasteiger partial charge is 0.358 e. The Morgan fingerprint density at radius 2 is 1.88 bits per heavy atom. The highest BCUT2D eigenvalue weighted by Gasteiger charge is 2.21. The SMILES string of the molecule is O=Cc1c(C2CCCCC2)[nH]c2ccccc12. The van der Waals surface area contributed by atoms with Crippen LogP contribution in [0.3, 0.4) is 0 Å². The number of aromatic nitrogens is 1. The number of fused-ring (bicyclic) bond motifs is 1. The van der Waals surface area contributed by atoms with Crippen LogP contribution in [0, 0.1) is 0 Å². The second-order valence-electron chi connectivity index (χ2n) is 4.95. The predicted molar refractivity (Wildman–Crippen MR) is 69.5 cm³/mol. The van der Waals surface area contributed by atoms with Crippen molar-refractivity contribution < 1.29 is 4.79 Å². The number of nitrogens with one attached hydrogen (secondary N) is 1. The molecule has 1 saturated carbocycles. The summed E-state index contributed by atoms with van der Waals surface area (Å²) in [5, 5.41) is 1.07. The van der Waals surface area contributed by atoms with E-state index in [9.17, 15) is 4.79 Å². The summed E-state index contributed by atoms with van der Waals surface area (Å²) in [6, 6.07) is 8.09. The number of hydrogen-bond donors (Lipinski definition) is 1. The molecule has 1 N–H and O–H groups in total. The summed E-state index contributed by atoms with van der Waals surface area (Å²) in [6.45, 7) is 0. The first-order valence-electron chi connectivity index (χ1n) is 6.46. The van der Waals surface area contributed by atoms with Gasteiger partial charge in [0.25, 0.3) is 0 Å². The van der Waals surface area contributed by atoms with Gasteiger partial charge in [-0.2, -0.15) is 0 Å². The fraction of sp³-hybridized carbons (Fsp3) is 0.400. The first-order valence-corrected chi connectivity index (χ1v) is 6.46. The van der Waals surface area contributed by atoms with Crippen LogP contribution < -0.4 is 0 Å². The Bertz CT molecular complexity index is 535. The van der Waals surface area contributed by atoms with Crippen LogP contribution in [0.4, 0.5) is 0 Å². The van der Waals surface area contributed by atoms with E-state index in [-0.39, 0.29) is 0 Å². The minimum absolute atomic E-state index is 0.552. The Kier molecular flexibility index (Phi) is 2.71. The minimum Gasteiger partial charge on any atom is -0.358 e. The van der Waals surface area contributed by atoms with E-state index in [2.05, 4.69) is 11.1 Å². The van der Waals surface area contributed by atoms with Gasteiger partial charge in [-0.15, -0.1) is 0 Å². The summed E-state index contributed by atoms with van der Waals surface area (Å²) in [5.41, 5.74) is 3.14. The number of H-pyrrole nitrogens is 1. The molecule has 0 atom stereocenters. The molecule has 0 saturated heterocycles. The van der Waals surface area contributed by atoms with Gasteiger partial charge in [-0.1, -0.05) is 37.5 Å². The monoisotopic (exact) mass is 227 g/mol. The zero-order valence-electron chi connectivity index (χ0n) is 9.91. The molecule has 2 aromatic rings. The molecule has 17 heavy (non-hydrogen) atoms. The lowest BCUT2D eigenvalue weighted by Crippen LogP contribution is -2.06. The van der Waals surface area contributed by atoms with Gasteiger partial charge >= 0.3 is 0 Å². The molecule has 1 aromatic carbocycles. The lowest BCUT2D eigenvalue weighted by molar-refractivity contribution is 0.112. The van der Waals surface area contributed by atoms with Crippen molar-refractivity contribution in [1.29, 1.82) is 0 Å². The third kappa shape index (κ3) is 1.78. The van der Waals surface area contributed by atoms with Crippen LogP contribution in [0.5, 0.6) is 0 Å². The fourth-order valence-corrected chi connectivity index (χ4v) is 3.02. The Morgan fingerprint density at radius 3 is 2.65 bits per heavy atom. The van der Waals surface area contributed by atoms with Crippen LogP contribution in [0.1, 0.15) is 54.1 Å². The summed E-state index contributed by atoms with van der Waals surface area (Å²) in [4.78, 5) is 14.8. The zero-order chi connectivity index (χ0) is 11.7. The molecule has 3 rings (SSSR count). The Morgan fingerprint density at radius 1 is 1.12 bits per heavy atom. The summed E-state index contributed by atoms with van der Waals surface area (Å²) < 4.78 is 0. The van der Waals surface area contributed by atoms with Gasteiger partial charge in [0.15, 0.2) is 6.29 Å². The third-order valence-electron chi connectivity index (χ3n) is 3.91. The van der Waals surface area contributed by atoms with Crippen molar-refractivity contribution in [2.45, 2.75) is 38.0 Å². The molecule has 2 nitrogen and oxygen atoms in total. The molecule has 1 aromatic heterocycles. The van der Waals surface area contributed by atoms with Crippen LogP contribution in [0.25, 0.3) is 10.9 Å². The number of carbonyl (C=O) groups excluding carboxylic acids is 1. The van der Waals surface area contributed by atoms with Crippen LogP contribution in [-0.4, -0.2) is 11.3 Å². The molecule has 0 amide bonds. The maximum atomic E-state index is 11.3. The standard InChI is InChI=1S/C15H17NO/c17-10-13-12-8-4-5-9-14(12)16-15(13)11-6-2-1-3-7-11/h4-5,8-11,16H,1-3,6-7H2. The van der Waals surface area contributed by atoms with Crippen molar-refractivity contribution in [3.8, 4) is 0 Å². The Hall–Kier alpha value is -1.57. The molecule has 0 radical (unpaired) electrons. The van der Waals surface area contributed by atoms with Crippen molar-refractivity contribution in [3.05, 3.63) is 35.5 Å². The predicted octanol–water partition coefficient (Wildman–Crippen LogP) is 4.03. The van der Waals surface area contributed by atoms with Gasteiger partial charge in [-0.25, -0.2) is 0 Å². The summed E-state index contributed by atoms with van der Waals surface area (Å²) in [5.74, 6) is 0.552. The molecule has 1 fully saturated rings. The number of aldehydes is 1. The number of hydrogen-bond acceptors (Lipinski definition) is 1. The molecule has 0 bridgehead atoms. The van der Waals surface area contributed by atoms with Crippen molar-refractivity contribution in [2.75, 3.05) is 0 Å². The first kappa shape index (κ1) is 10.6. The van der Waals surface area contributed by atoms with Crippen LogP contribution in [0.2, 0.25) is 0 Å². The van der Waals surface area contributed by atoms with E-state index in [1.165, 1.54) is 37.8 Å². The molecule has 0 spiro atoms. The maximum Gasteiger partial charge on any atom is 0.152 e. The quantitative estimate of drug-likeness (QED) is 0.772. The highest BCUT2D eigenvalue weighted by Crippen LogP contribution is 2.35. The van der Waals surface area contributed by atoms with E-state index in [4.69, 9.17) is 0 Å². The summed E-state index contributed by atoms with van der Waals surface area (Å²) in [6.07, 6.45) is 7.37. The van der Waals surface area contributed by atoms with Crippen LogP contribution in [-0.2, 0) is 0 Å². The normalized spacial score (nSPS) is 17.4. The Balaban J connectivity index is 2.11. The van der Waals surface area contributed by atoms with E-state index in [1.807, 2.05) is 18.2 Å². The van der Waals surface area contributed by atoms with Crippen molar-refractivity contribution in [1.82, 2.24) is 4.98 Å². The number of para-hydroxylation sites is 1. The maximum absolute atomic E-state index is 11.3. The van der Waals surface area contributed by atoms with Gasteiger partial charge in [-0.05, 0) is 24.8 Å². The molecular weight excluding hydrogens is 210 g/mol. The van der Waals surface area contributed by atoms with Gasteiger partial charge in [0, 0.05) is 22.2 Å². The second kappa shape index (κ2) is 4.36. The number of carbonyl (C=O) groups is 1. The number of aromatic amines is 1. The van der Waals surface area contributed by atoms with Gasteiger partial charge in [0.05, 0.1) is 0 Å². The topological polar surface area (TPSA) is 32.9 Å².